The fourth-order valence-corrected chi connectivity index (χ4v) is 0.458. The van der Waals surface area contributed by atoms with Crippen LogP contribution in [0.3, 0.4) is 0 Å². The van der Waals surface area contributed by atoms with Crippen molar-refractivity contribution in [3.05, 3.63) is 6.26 Å². The van der Waals surface area contributed by atoms with E-state index in [2.05, 4.69) is 11.6 Å². The molecule has 3 heteroatoms. The van der Waals surface area contributed by atoms with Crippen LogP contribution in [0.4, 0.5) is 0 Å². The molecule has 0 aliphatic carbocycles. The molecule has 0 bridgehead atoms. The molecule has 2 nitrogen and oxygen atoms in total. The van der Waals surface area contributed by atoms with Crippen molar-refractivity contribution in [1.29, 1.82) is 0 Å². The van der Waals surface area contributed by atoms with Gasteiger partial charge in [0, 0.05) is 13.2 Å². The lowest BCUT2D eigenvalue weighted by Gasteiger charge is -1.93. The zero-order valence-electron chi connectivity index (χ0n) is 4.23. The predicted molar refractivity (Wildman–Crippen MR) is 31.6 cm³/mol. The number of carbonyl (C=O) groups excluding carboxylic acids is 1. The summed E-state index contributed by atoms with van der Waals surface area (Å²) in [7, 11) is 0. The maximum Gasteiger partial charge on any atom is 0.217 e. The number of thioether (sulfide) groups is 1. The third kappa shape index (κ3) is 5.82. The van der Waals surface area contributed by atoms with Crippen molar-refractivity contribution in [1.82, 2.24) is 5.32 Å². The molecule has 0 aromatic rings. The summed E-state index contributed by atoms with van der Waals surface area (Å²) < 4.78 is 0. The van der Waals surface area contributed by atoms with Gasteiger partial charge < -0.3 is 5.32 Å². The second kappa shape index (κ2) is 3.99. The lowest BCUT2D eigenvalue weighted by Crippen LogP contribution is -2.17. The Hall–Kier alpha value is -0.180. The minimum absolute atomic E-state index is 0.00356. The molecule has 41 valence electrons. The normalized spacial score (nSPS) is 8.29. The molecule has 0 atom stereocenters. The van der Waals surface area contributed by atoms with Gasteiger partial charge >= 0.3 is 0 Å². The highest BCUT2D eigenvalue weighted by atomic mass is 32.2. The van der Waals surface area contributed by atoms with Gasteiger partial charge in [-0.2, -0.15) is 0 Å². The van der Waals surface area contributed by atoms with Crippen LogP contribution in [-0.4, -0.2) is 11.8 Å². The molecule has 0 aliphatic heterocycles. The monoisotopic (exact) mass is 118 g/mol. The Kier molecular flexibility index (Phi) is 3.89. The van der Waals surface area contributed by atoms with Crippen LogP contribution < -0.4 is 5.32 Å². The van der Waals surface area contributed by atoms with E-state index < -0.39 is 0 Å². The Balaban J connectivity index is 2.82. The molecular weight excluding hydrogens is 110 g/mol. The summed E-state index contributed by atoms with van der Waals surface area (Å²) in [5, 5.41) is 2.56. The third-order valence-electron chi connectivity index (χ3n) is 0.423. The van der Waals surface area contributed by atoms with Gasteiger partial charge in [0.2, 0.25) is 5.91 Å². The number of carbonyl (C=O) groups is 1. The van der Waals surface area contributed by atoms with E-state index in [1.165, 1.54) is 18.7 Å². The SMILES string of the molecule is [CH2]SCNC(C)=O. The number of hydrogen-bond acceptors (Lipinski definition) is 2. The first kappa shape index (κ1) is 6.82. The molecule has 0 rings (SSSR count). The molecule has 0 saturated heterocycles. The van der Waals surface area contributed by atoms with Crippen LogP contribution in [0.5, 0.6) is 0 Å². The molecule has 7 heavy (non-hydrogen) atoms. The molecular formula is C4H8NOS. The first-order valence-electron chi connectivity index (χ1n) is 1.89. The van der Waals surface area contributed by atoms with Crippen molar-refractivity contribution in [3.63, 3.8) is 0 Å². The van der Waals surface area contributed by atoms with Crippen molar-refractivity contribution in [2.75, 3.05) is 5.88 Å². The number of rotatable bonds is 2. The van der Waals surface area contributed by atoms with E-state index in [0.717, 1.165) is 0 Å². The van der Waals surface area contributed by atoms with E-state index in [0.29, 0.717) is 5.88 Å². The molecule has 0 saturated carbocycles. The van der Waals surface area contributed by atoms with E-state index in [4.69, 9.17) is 0 Å². The van der Waals surface area contributed by atoms with E-state index >= 15 is 0 Å². The van der Waals surface area contributed by atoms with Crippen LogP contribution in [0, 0.1) is 6.26 Å². The molecule has 1 N–H and O–H groups in total. The summed E-state index contributed by atoms with van der Waals surface area (Å²) in [6.45, 7) is 1.48. The first-order valence-corrected chi connectivity index (χ1v) is 3.04. The second-order valence-corrected chi connectivity index (χ2v) is 1.78. The van der Waals surface area contributed by atoms with Crippen LogP contribution in [-0.2, 0) is 4.79 Å². The van der Waals surface area contributed by atoms with Crippen molar-refractivity contribution >= 4 is 17.7 Å². The van der Waals surface area contributed by atoms with Crippen LogP contribution in [0.1, 0.15) is 6.92 Å². The highest BCUT2D eigenvalue weighted by molar-refractivity contribution is 8.00. The maximum atomic E-state index is 10.1. The van der Waals surface area contributed by atoms with Crippen molar-refractivity contribution in [2.24, 2.45) is 0 Å². The molecule has 0 spiro atoms. The minimum atomic E-state index is -0.00356. The Bertz CT molecular complexity index is 64.7. The van der Waals surface area contributed by atoms with Crippen molar-refractivity contribution in [3.8, 4) is 0 Å². The van der Waals surface area contributed by atoms with Gasteiger partial charge in [-0.15, -0.1) is 11.8 Å². The van der Waals surface area contributed by atoms with E-state index in [-0.39, 0.29) is 5.91 Å². The zero-order valence-corrected chi connectivity index (χ0v) is 5.05. The molecule has 1 amide bonds. The van der Waals surface area contributed by atoms with Gasteiger partial charge in [-0.3, -0.25) is 4.79 Å². The molecule has 0 aliphatic rings. The Labute approximate surface area is 47.7 Å². The quantitative estimate of drug-likeness (QED) is 0.538. The first-order chi connectivity index (χ1) is 3.27. The van der Waals surface area contributed by atoms with E-state index in [1.807, 2.05) is 0 Å². The Morgan fingerprint density at radius 3 is 2.71 bits per heavy atom. The second-order valence-electron chi connectivity index (χ2n) is 1.08. The average molecular weight is 118 g/mol. The van der Waals surface area contributed by atoms with Gasteiger partial charge in [0.25, 0.3) is 0 Å². The summed E-state index contributed by atoms with van der Waals surface area (Å²) in [6, 6.07) is 0. The zero-order chi connectivity index (χ0) is 5.70. The summed E-state index contributed by atoms with van der Waals surface area (Å²) in [5.41, 5.74) is 0. The van der Waals surface area contributed by atoms with E-state index in [9.17, 15) is 4.79 Å². The van der Waals surface area contributed by atoms with Crippen LogP contribution in [0.15, 0.2) is 0 Å². The fourth-order valence-electron chi connectivity index (χ4n) is 0.153. The molecule has 0 unspecified atom stereocenters. The number of amides is 1. The Morgan fingerprint density at radius 2 is 2.57 bits per heavy atom. The maximum absolute atomic E-state index is 10.1. The van der Waals surface area contributed by atoms with Crippen LogP contribution in [0.2, 0.25) is 0 Å². The molecule has 0 aromatic heterocycles. The van der Waals surface area contributed by atoms with E-state index in [1.54, 1.807) is 0 Å². The lowest BCUT2D eigenvalue weighted by atomic mass is 10.7. The lowest BCUT2D eigenvalue weighted by molar-refractivity contribution is -0.118. The molecule has 0 fully saturated rings. The van der Waals surface area contributed by atoms with Gasteiger partial charge in [-0.1, -0.05) is 0 Å². The van der Waals surface area contributed by atoms with Gasteiger partial charge in [0.15, 0.2) is 0 Å². The largest absolute Gasteiger partial charge is 0.347 e. The van der Waals surface area contributed by atoms with Gasteiger partial charge in [-0.05, 0) is 0 Å². The van der Waals surface area contributed by atoms with Crippen molar-refractivity contribution < 1.29 is 4.79 Å². The highest BCUT2D eigenvalue weighted by Crippen LogP contribution is 1.87. The highest BCUT2D eigenvalue weighted by Gasteiger charge is 1.83. The Morgan fingerprint density at radius 1 is 2.00 bits per heavy atom. The van der Waals surface area contributed by atoms with Gasteiger partial charge in [-0.25, -0.2) is 0 Å². The predicted octanol–water partition coefficient (Wildman–Crippen LogP) is 0.605. The summed E-state index contributed by atoms with van der Waals surface area (Å²) in [4.78, 5) is 10.1. The fraction of sp³-hybridized carbons (Fsp3) is 0.500. The van der Waals surface area contributed by atoms with Gasteiger partial charge in [0.1, 0.15) is 0 Å². The third-order valence-corrected chi connectivity index (χ3v) is 0.772. The standard InChI is InChI=1S/C4H8NOS/c1-4(6)5-3-7-2/h2-3H2,1H3,(H,5,6). The van der Waals surface area contributed by atoms with Crippen LogP contribution in [0.25, 0.3) is 0 Å². The van der Waals surface area contributed by atoms with Crippen molar-refractivity contribution in [2.45, 2.75) is 6.92 Å². The molecule has 0 heterocycles. The summed E-state index contributed by atoms with van der Waals surface area (Å²) in [6.07, 6.45) is 3.46. The molecule has 1 radical (unpaired) electrons. The van der Waals surface area contributed by atoms with Crippen LogP contribution >= 0.6 is 11.8 Å². The smallest absolute Gasteiger partial charge is 0.217 e. The number of nitrogens with one attached hydrogen (secondary N) is 1. The topological polar surface area (TPSA) is 29.1 Å². The minimum Gasteiger partial charge on any atom is -0.347 e. The summed E-state index contributed by atoms with van der Waals surface area (Å²) >= 11 is 1.35. The number of hydrogen-bond donors (Lipinski definition) is 1. The average Bonchev–Trinajstić information content (AvgIpc) is 1.61. The summed E-state index contributed by atoms with van der Waals surface area (Å²) in [5.74, 6) is 0.603. The van der Waals surface area contributed by atoms with Gasteiger partial charge in [0.05, 0.1) is 5.88 Å². The molecule has 0 aromatic carbocycles.